The van der Waals surface area contributed by atoms with Crippen molar-refractivity contribution in [3.8, 4) is 5.88 Å². The van der Waals surface area contributed by atoms with Gasteiger partial charge in [0.05, 0.1) is 27.3 Å². The number of methoxy groups -OCH3 is 1. The van der Waals surface area contributed by atoms with Crippen LogP contribution in [-0.4, -0.2) is 72.6 Å². The van der Waals surface area contributed by atoms with E-state index in [2.05, 4.69) is 10.3 Å². The van der Waals surface area contributed by atoms with E-state index in [-0.39, 0.29) is 42.8 Å². The molecule has 1 aromatic carbocycles. The van der Waals surface area contributed by atoms with Gasteiger partial charge in [0.2, 0.25) is 5.88 Å². The number of likely N-dealkylation sites (tertiary alicyclic amines) is 1. The number of pyridine rings is 1. The van der Waals surface area contributed by atoms with E-state index in [4.69, 9.17) is 9.84 Å². The first-order chi connectivity index (χ1) is 17.4. The number of carboxylic acid groups (broad SMARTS) is 1. The van der Waals surface area contributed by atoms with Gasteiger partial charge in [0.1, 0.15) is 17.7 Å². The van der Waals surface area contributed by atoms with Gasteiger partial charge in [0.25, 0.3) is 5.91 Å². The normalized spacial score (nSPS) is 17.6. The number of fused-ring (bicyclic) bond motifs is 1. The summed E-state index contributed by atoms with van der Waals surface area (Å²) < 4.78 is 34.8. The van der Waals surface area contributed by atoms with Crippen molar-refractivity contribution in [2.24, 2.45) is 5.92 Å². The first-order valence-corrected chi connectivity index (χ1v) is 15.5. The summed E-state index contributed by atoms with van der Waals surface area (Å²) in [5, 5.41) is 11.6. The summed E-state index contributed by atoms with van der Waals surface area (Å²) in [7, 11) is -0.830. The van der Waals surface area contributed by atoms with Crippen LogP contribution in [-0.2, 0) is 16.0 Å². The van der Waals surface area contributed by atoms with Crippen LogP contribution in [0, 0.1) is 17.6 Å². The van der Waals surface area contributed by atoms with Gasteiger partial charge in [-0.2, -0.15) is 0 Å². The van der Waals surface area contributed by atoms with Crippen molar-refractivity contribution in [2.45, 2.75) is 38.5 Å². The van der Waals surface area contributed by atoms with Gasteiger partial charge in [-0.1, -0.05) is 19.6 Å². The molecule has 0 spiro atoms. The largest absolute Gasteiger partial charge is 0.481 e. The smallest absolute Gasteiger partial charge is 0.320 e. The van der Waals surface area contributed by atoms with Crippen LogP contribution in [0.15, 0.2) is 24.3 Å². The molecule has 1 saturated heterocycles. The number of aliphatic carboxylic acids is 1. The standard InChI is InChI=1S/C25H30F2N4O5Si/c1-36-20-6-5-16-19(29-20)7-8-31(25(35)30-12-14(13-30)9-21(32)33)22(16)24(34)28-15-10-17(26)23(18(27)11-15)37(2,3)4/h5-6,10-11,14,22H,7-9,12-13H2,1-4H3,(H,28,34)(H,32,33)/t22-/m1/s1. The quantitative estimate of drug-likeness (QED) is 0.554. The Morgan fingerprint density at radius 2 is 1.81 bits per heavy atom. The van der Waals surface area contributed by atoms with Gasteiger partial charge < -0.3 is 25.0 Å². The van der Waals surface area contributed by atoms with Crippen molar-refractivity contribution < 1.29 is 33.0 Å². The zero-order chi connectivity index (χ0) is 27.1. The molecule has 3 heterocycles. The van der Waals surface area contributed by atoms with Gasteiger partial charge in [-0.25, -0.2) is 18.6 Å². The molecule has 3 amide bonds. The molecule has 0 aliphatic carbocycles. The van der Waals surface area contributed by atoms with E-state index in [0.717, 1.165) is 12.1 Å². The first kappa shape index (κ1) is 26.5. The molecule has 2 aliphatic heterocycles. The van der Waals surface area contributed by atoms with Crippen molar-refractivity contribution in [1.82, 2.24) is 14.8 Å². The monoisotopic (exact) mass is 532 g/mol. The van der Waals surface area contributed by atoms with Crippen LogP contribution in [0.1, 0.15) is 23.7 Å². The predicted octanol–water partition coefficient (Wildman–Crippen LogP) is 2.98. The third kappa shape index (κ3) is 5.43. The predicted molar refractivity (Wildman–Crippen MR) is 135 cm³/mol. The van der Waals surface area contributed by atoms with Gasteiger partial charge in [0.15, 0.2) is 0 Å². The summed E-state index contributed by atoms with van der Waals surface area (Å²) >= 11 is 0. The molecule has 0 saturated carbocycles. The number of nitrogens with zero attached hydrogens (tertiary/aromatic N) is 3. The molecule has 198 valence electrons. The molecule has 12 heteroatoms. The summed E-state index contributed by atoms with van der Waals surface area (Å²) in [5.41, 5.74) is 1.02. The van der Waals surface area contributed by atoms with Crippen LogP contribution >= 0.6 is 0 Å². The van der Waals surface area contributed by atoms with Gasteiger partial charge in [0, 0.05) is 54.5 Å². The maximum Gasteiger partial charge on any atom is 0.320 e. The van der Waals surface area contributed by atoms with E-state index in [9.17, 15) is 23.2 Å². The van der Waals surface area contributed by atoms with Gasteiger partial charge in [-0.15, -0.1) is 0 Å². The Kier molecular flexibility index (Phi) is 7.22. The van der Waals surface area contributed by atoms with E-state index in [1.54, 1.807) is 12.1 Å². The van der Waals surface area contributed by atoms with E-state index in [1.807, 2.05) is 19.6 Å². The highest BCUT2D eigenvalue weighted by atomic mass is 28.3. The SMILES string of the molecule is COc1ccc2c(n1)CCN(C(=O)N1CC(CC(=O)O)C1)[C@H]2C(=O)Nc1cc(F)c([Si](C)(C)C)c(F)c1. The molecule has 2 aliphatic rings. The number of ether oxygens (including phenoxy) is 1. The number of anilines is 1. The lowest BCUT2D eigenvalue weighted by atomic mass is 9.94. The van der Waals surface area contributed by atoms with Crippen LogP contribution in [0.5, 0.6) is 5.88 Å². The fraction of sp³-hybridized carbons (Fsp3) is 0.440. The highest BCUT2D eigenvalue weighted by Gasteiger charge is 2.42. The number of carbonyl (C=O) groups excluding carboxylic acids is 2. The lowest BCUT2D eigenvalue weighted by Gasteiger charge is -2.44. The maximum atomic E-state index is 14.8. The lowest BCUT2D eigenvalue weighted by Crippen LogP contribution is -2.58. The Bertz CT molecular complexity index is 1220. The molecule has 1 atom stereocenters. The summed E-state index contributed by atoms with van der Waals surface area (Å²) in [4.78, 5) is 45.2. The number of halogens is 2. The van der Waals surface area contributed by atoms with Gasteiger partial charge >= 0.3 is 12.0 Å². The number of rotatable bonds is 6. The van der Waals surface area contributed by atoms with E-state index in [0.29, 0.717) is 23.6 Å². The number of aromatic nitrogens is 1. The second-order valence-corrected chi connectivity index (χ2v) is 15.4. The topological polar surface area (TPSA) is 112 Å². The summed E-state index contributed by atoms with van der Waals surface area (Å²) in [6, 6.07) is 3.93. The van der Waals surface area contributed by atoms with Crippen molar-refractivity contribution in [3.05, 3.63) is 47.2 Å². The Morgan fingerprint density at radius 1 is 1.16 bits per heavy atom. The molecular weight excluding hydrogens is 502 g/mol. The third-order valence-electron chi connectivity index (χ3n) is 6.63. The van der Waals surface area contributed by atoms with Crippen LogP contribution in [0.4, 0.5) is 19.3 Å². The minimum absolute atomic E-state index is 0.0369. The number of urea groups is 1. The minimum atomic E-state index is -2.30. The summed E-state index contributed by atoms with van der Waals surface area (Å²) in [6.45, 7) is 6.21. The minimum Gasteiger partial charge on any atom is -0.481 e. The molecule has 0 unspecified atom stereocenters. The molecule has 2 N–H and O–H groups in total. The van der Waals surface area contributed by atoms with E-state index in [1.165, 1.54) is 16.9 Å². The molecule has 0 radical (unpaired) electrons. The molecule has 2 aromatic rings. The number of hydrogen-bond donors (Lipinski definition) is 2. The van der Waals surface area contributed by atoms with Gasteiger partial charge in [-0.3, -0.25) is 9.59 Å². The summed E-state index contributed by atoms with van der Waals surface area (Å²) in [5.74, 6) is -2.79. The number of carbonyl (C=O) groups is 3. The molecular formula is C25H30F2N4O5Si. The maximum absolute atomic E-state index is 14.8. The van der Waals surface area contributed by atoms with Crippen molar-refractivity contribution in [1.29, 1.82) is 0 Å². The number of nitrogens with one attached hydrogen (secondary N) is 1. The van der Waals surface area contributed by atoms with Crippen molar-refractivity contribution in [3.63, 3.8) is 0 Å². The zero-order valence-corrected chi connectivity index (χ0v) is 22.2. The highest BCUT2D eigenvalue weighted by molar-refractivity contribution is 6.88. The molecule has 0 bridgehead atoms. The zero-order valence-electron chi connectivity index (χ0n) is 21.2. The Labute approximate surface area is 214 Å². The molecule has 37 heavy (non-hydrogen) atoms. The molecule has 4 rings (SSSR count). The van der Waals surface area contributed by atoms with Crippen LogP contribution in [0.2, 0.25) is 19.6 Å². The summed E-state index contributed by atoms with van der Waals surface area (Å²) in [6.07, 6.45) is 0.341. The Balaban J connectivity index is 1.62. The average molecular weight is 533 g/mol. The average Bonchev–Trinajstić information content (AvgIpc) is 2.77. The van der Waals surface area contributed by atoms with Crippen molar-refractivity contribution >= 4 is 36.9 Å². The van der Waals surface area contributed by atoms with Crippen LogP contribution in [0.25, 0.3) is 0 Å². The third-order valence-corrected chi connectivity index (χ3v) is 8.61. The first-order valence-electron chi connectivity index (χ1n) is 12.0. The van der Waals surface area contributed by atoms with Crippen LogP contribution in [0.3, 0.4) is 0 Å². The lowest BCUT2D eigenvalue weighted by molar-refractivity contribution is -0.139. The number of carboxylic acids is 1. The van der Waals surface area contributed by atoms with Gasteiger partial charge in [-0.05, 0) is 18.2 Å². The number of amides is 3. The second kappa shape index (κ2) is 10.1. The van der Waals surface area contributed by atoms with Crippen LogP contribution < -0.4 is 15.2 Å². The van der Waals surface area contributed by atoms with E-state index < -0.39 is 43.7 Å². The molecule has 1 fully saturated rings. The molecule has 9 nitrogen and oxygen atoms in total. The second-order valence-electron chi connectivity index (χ2n) is 10.4. The highest BCUT2D eigenvalue weighted by Crippen LogP contribution is 2.34. The van der Waals surface area contributed by atoms with Crippen molar-refractivity contribution in [2.75, 3.05) is 32.1 Å². The number of hydrogen-bond acceptors (Lipinski definition) is 5. The van der Waals surface area contributed by atoms with E-state index >= 15 is 0 Å². The fourth-order valence-corrected chi connectivity index (χ4v) is 6.50. The fourth-order valence-electron chi connectivity index (χ4n) is 4.92. The molecule has 1 aromatic heterocycles. The Hall–Kier alpha value is -3.54. The Morgan fingerprint density at radius 3 is 2.38 bits per heavy atom. The number of benzene rings is 1.